The van der Waals surface area contributed by atoms with Crippen LogP contribution in [-0.4, -0.2) is 31.3 Å². The first-order valence-electron chi connectivity index (χ1n) is 7.84. The molecule has 24 heavy (non-hydrogen) atoms. The van der Waals surface area contributed by atoms with Crippen molar-refractivity contribution in [1.29, 1.82) is 0 Å². The van der Waals surface area contributed by atoms with Crippen molar-refractivity contribution in [2.24, 2.45) is 0 Å². The lowest BCUT2D eigenvalue weighted by Gasteiger charge is -2.22. The molecule has 1 heterocycles. The van der Waals surface area contributed by atoms with Crippen LogP contribution >= 0.6 is 0 Å². The third-order valence-corrected chi connectivity index (χ3v) is 5.99. The third-order valence-electron chi connectivity index (χ3n) is 4.06. The molecule has 126 valence electrons. The summed E-state index contributed by atoms with van der Waals surface area (Å²) in [6.45, 7) is 2.22. The van der Waals surface area contributed by atoms with Gasteiger partial charge >= 0.3 is 5.97 Å². The van der Waals surface area contributed by atoms with Crippen LogP contribution in [0.5, 0.6) is 5.75 Å². The average Bonchev–Trinajstić information content (AvgIpc) is 3.07. The Labute approximate surface area is 141 Å². The van der Waals surface area contributed by atoms with Gasteiger partial charge in [-0.3, -0.25) is 0 Å². The largest absolute Gasteiger partial charge is 0.425 e. The van der Waals surface area contributed by atoms with E-state index in [4.69, 9.17) is 4.74 Å². The smallest absolute Gasteiger partial charge is 0.329 e. The first kappa shape index (κ1) is 16.7. The number of para-hydroxylation sites is 1. The van der Waals surface area contributed by atoms with E-state index in [9.17, 15) is 13.2 Å². The molecule has 2 aromatic rings. The molecule has 0 bridgehead atoms. The Morgan fingerprint density at radius 2 is 1.75 bits per heavy atom. The van der Waals surface area contributed by atoms with E-state index in [2.05, 4.69) is 0 Å². The van der Waals surface area contributed by atoms with Gasteiger partial charge in [-0.1, -0.05) is 35.9 Å². The van der Waals surface area contributed by atoms with E-state index in [1.165, 1.54) is 4.31 Å². The number of carbonyl (C=O) groups excluding carboxylic acids is 1. The van der Waals surface area contributed by atoms with E-state index in [0.29, 0.717) is 25.1 Å². The van der Waals surface area contributed by atoms with Gasteiger partial charge < -0.3 is 4.74 Å². The Morgan fingerprint density at radius 3 is 2.42 bits per heavy atom. The molecule has 0 aliphatic carbocycles. The molecular weight excluding hydrogens is 326 g/mol. The number of nitrogens with zero attached hydrogens (tertiary/aromatic N) is 1. The molecule has 3 rings (SSSR count). The molecule has 0 spiro atoms. The molecule has 0 saturated carbocycles. The van der Waals surface area contributed by atoms with Crippen LogP contribution < -0.4 is 4.74 Å². The maximum Gasteiger partial charge on any atom is 0.329 e. The highest BCUT2D eigenvalue weighted by atomic mass is 32.2. The van der Waals surface area contributed by atoms with Crippen molar-refractivity contribution >= 4 is 16.0 Å². The second-order valence-electron chi connectivity index (χ2n) is 5.82. The number of sulfonamides is 1. The lowest BCUT2D eigenvalue weighted by atomic mass is 10.2. The second kappa shape index (κ2) is 6.75. The van der Waals surface area contributed by atoms with Crippen molar-refractivity contribution in [3.63, 3.8) is 0 Å². The van der Waals surface area contributed by atoms with Crippen LogP contribution in [0.2, 0.25) is 0 Å². The molecule has 1 aliphatic heterocycles. The average molecular weight is 345 g/mol. The zero-order valence-corrected chi connectivity index (χ0v) is 14.2. The number of benzene rings is 2. The first-order valence-corrected chi connectivity index (χ1v) is 9.28. The maximum atomic E-state index is 12.8. The summed E-state index contributed by atoms with van der Waals surface area (Å²) in [5, 5.41) is 0. The molecule has 1 atom stereocenters. The quantitative estimate of drug-likeness (QED) is 0.631. The molecule has 0 aromatic heterocycles. The van der Waals surface area contributed by atoms with Gasteiger partial charge in [-0.15, -0.1) is 0 Å². The van der Waals surface area contributed by atoms with Crippen LogP contribution in [0.3, 0.4) is 0 Å². The molecule has 6 heteroatoms. The lowest BCUT2D eigenvalue weighted by molar-refractivity contribution is -0.137. The Morgan fingerprint density at radius 1 is 1.08 bits per heavy atom. The van der Waals surface area contributed by atoms with Gasteiger partial charge in [0.1, 0.15) is 11.8 Å². The number of carbonyl (C=O) groups is 1. The minimum absolute atomic E-state index is 0.201. The zero-order valence-electron chi connectivity index (χ0n) is 13.4. The van der Waals surface area contributed by atoms with E-state index >= 15 is 0 Å². The monoisotopic (exact) mass is 345 g/mol. The number of esters is 1. The third kappa shape index (κ3) is 3.34. The number of hydrogen-bond acceptors (Lipinski definition) is 4. The Bertz CT molecular complexity index is 816. The first-order chi connectivity index (χ1) is 11.5. The molecular formula is C18H19NO4S. The van der Waals surface area contributed by atoms with Gasteiger partial charge in [-0.25, -0.2) is 13.2 Å². The summed E-state index contributed by atoms with van der Waals surface area (Å²) in [6, 6.07) is 14.6. The normalized spacial score (nSPS) is 18.5. The van der Waals surface area contributed by atoms with Crippen LogP contribution in [-0.2, 0) is 14.8 Å². The highest BCUT2D eigenvalue weighted by Crippen LogP contribution is 2.27. The van der Waals surface area contributed by atoms with Gasteiger partial charge in [-0.2, -0.15) is 4.31 Å². The number of hydrogen-bond donors (Lipinski definition) is 0. The molecule has 0 amide bonds. The molecule has 1 saturated heterocycles. The van der Waals surface area contributed by atoms with Crippen molar-refractivity contribution in [3.05, 3.63) is 60.2 Å². The molecule has 1 aliphatic rings. The maximum absolute atomic E-state index is 12.8. The zero-order chi connectivity index (χ0) is 17.2. The van der Waals surface area contributed by atoms with Gasteiger partial charge in [-0.05, 0) is 44.0 Å². The van der Waals surface area contributed by atoms with E-state index < -0.39 is 22.0 Å². The van der Waals surface area contributed by atoms with Gasteiger partial charge in [0.05, 0.1) is 4.90 Å². The predicted octanol–water partition coefficient (Wildman–Crippen LogP) is 2.75. The Hall–Kier alpha value is -2.18. The fourth-order valence-corrected chi connectivity index (χ4v) is 4.43. The van der Waals surface area contributed by atoms with E-state index in [1.807, 2.05) is 13.0 Å². The summed E-state index contributed by atoms with van der Waals surface area (Å²) in [6.07, 6.45) is 1.11. The van der Waals surface area contributed by atoms with Crippen LogP contribution in [0.1, 0.15) is 18.4 Å². The molecule has 0 N–H and O–H groups in total. The Balaban J connectivity index is 1.82. The summed E-state index contributed by atoms with van der Waals surface area (Å²) >= 11 is 0. The van der Waals surface area contributed by atoms with Crippen LogP contribution in [0.4, 0.5) is 0 Å². The molecule has 5 nitrogen and oxygen atoms in total. The minimum atomic E-state index is -3.71. The van der Waals surface area contributed by atoms with Crippen molar-refractivity contribution in [2.75, 3.05) is 6.54 Å². The number of rotatable bonds is 4. The van der Waals surface area contributed by atoms with Gasteiger partial charge in [0.2, 0.25) is 10.0 Å². The van der Waals surface area contributed by atoms with E-state index in [-0.39, 0.29) is 4.90 Å². The highest BCUT2D eigenvalue weighted by Gasteiger charge is 2.40. The fourth-order valence-electron chi connectivity index (χ4n) is 2.78. The fraction of sp³-hybridized carbons (Fsp3) is 0.278. The van der Waals surface area contributed by atoms with Crippen LogP contribution in [0.25, 0.3) is 0 Å². The van der Waals surface area contributed by atoms with E-state index in [1.54, 1.807) is 48.5 Å². The van der Waals surface area contributed by atoms with Crippen molar-refractivity contribution in [2.45, 2.75) is 30.7 Å². The van der Waals surface area contributed by atoms with Crippen LogP contribution in [0, 0.1) is 6.92 Å². The Kier molecular flexibility index (Phi) is 4.69. The number of aryl methyl sites for hydroxylation is 1. The summed E-state index contributed by atoms with van der Waals surface area (Å²) in [4.78, 5) is 12.6. The topological polar surface area (TPSA) is 63.7 Å². The standard InChI is InChI=1S/C18H19NO4S/c1-14-9-11-16(12-10-14)24(21,22)19-13-5-8-17(19)18(20)23-15-6-3-2-4-7-15/h2-4,6-7,9-12,17H,5,8,13H2,1H3/t17-/m0/s1. The predicted molar refractivity (Wildman–Crippen MR) is 90.2 cm³/mol. The molecule has 0 unspecified atom stereocenters. The van der Waals surface area contributed by atoms with Gasteiger partial charge in [0.25, 0.3) is 0 Å². The lowest BCUT2D eigenvalue weighted by Crippen LogP contribution is -2.42. The summed E-state index contributed by atoms with van der Waals surface area (Å²) in [5.74, 6) is -0.114. The molecule has 1 fully saturated rings. The van der Waals surface area contributed by atoms with Crippen molar-refractivity contribution < 1.29 is 17.9 Å². The molecule has 2 aromatic carbocycles. The van der Waals surface area contributed by atoms with E-state index in [0.717, 1.165) is 5.56 Å². The summed E-state index contributed by atoms with van der Waals surface area (Å²) < 4.78 is 32.2. The SMILES string of the molecule is Cc1ccc(S(=O)(=O)N2CCC[C@H]2C(=O)Oc2ccccc2)cc1. The molecule has 0 radical (unpaired) electrons. The minimum Gasteiger partial charge on any atom is -0.425 e. The highest BCUT2D eigenvalue weighted by molar-refractivity contribution is 7.89. The summed E-state index contributed by atoms with van der Waals surface area (Å²) in [5.41, 5.74) is 0.982. The second-order valence-corrected chi connectivity index (χ2v) is 7.71. The van der Waals surface area contributed by atoms with Gasteiger partial charge in [0.15, 0.2) is 0 Å². The van der Waals surface area contributed by atoms with Gasteiger partial charge in [0, 0.05) is 6.54 Å². The van der Waals surface area contributed by atoms with Crippen molar-refractivity contribution in [3.8, 4) is 5.75 Å². The summed E-state index contributed by atoms with van der Waals surface area (Å²) in [7, 11) is -3.71. The van der Waals surface area contributed by atoms with Crippen LogP contribution in [0.15, 0.2) is 59.5 Å². The van der Waals surface area contributed by atoms with Crippen molar-refractivity contribution in [1.82, 2.24) is 4.31 Å². The number of ether oxygens (including phenoxy) is 1.